The highest BCUT2D eigenvalue weighted by Gasteiger charge is 2.26. The summed E-state index contributed by atoms with van der Waals surface area (Å²) in [5.74, 6) is 2.17. The van der Waals surface area contributed by atoms with E-state index in [1.165, 1.54) is 43.1 Å². The Morgan fingerprint density at radius 2 is 0.600 bits per heavy atom. The molecule has 0 aliphatic heterocycles. The van der Waals surface area contributed by atoms with Gasteiger partial charge >= 0.3 is 0 Å². The standard InChI is InChI=1S/C64H40N6/c1-2-20-41(21-3-1)67-52-32-11-10-28-48(52)50-30-18-31-51(63(50)67)49-29-19-39-59(68-53-33-12-4-22-42(53)43-23-5-13-34-54(43)68)62(49)64-65-60(69-55-35-14-6-24-44(55)45-25-7-15-36-56(45)69)40-61(66-64)70-57-37-16-8-26-46(57)47-27-9-17-38-58(47)70/h1-40H. The molecule has 0 bridgehead atoms. The molecular weight excluding hydrogens is 853 g/mol. The zero-order valence-corrected chi connectivity index (χ0v) is 37.8. The van der Waals surface area contributed by atoms with Gasteiger partial charge in [0.1, 0.15) is 11.6 Å². The van der Waals surface area contributed by atoms with Crippen molar-refractivity contribution in [3.63, 3.8) is 0 Å². The van der Waals surface area contributed by atoms with Crippen LogP contribution in [-0.4, -0.2) is 28.2 Å². The van der Waals surface area contributed by atoms with E-state index in [1.807, 2.05) is 0 Å². The van der Waals surface area contributed by atoms with Crippen LogP contribution < -0.4 is 0 Å². The van der Waals surface area contributed by atoms with Gasteiger partial charge < -0.3 is 9.13 Å². The second-order valence-electron chi connectivity index (χ2n) is 18.1. The van der Waals surface area contributed by atoms with Crippen LogP contribution in [0.15, 0.2) is 243 Å². The van der Waals surface area contributed by atoms with Gasteiger partial charge in [0.05, 0.1) is 55.4 Å². The van der Waals surface area contributed by atoms with E-state index >= 15 is 0 Å². The summed E-state index contributed by atoms with van der Waals surface area (Å²) in [4.78, 5) is 11.7. The van der Waals surface area contributed by atoms with Crippen LogP contribution in [0.5, 0.6) is 0 Å². The molecule has 15 rings (SSSR count). The Bertz CT molecular complexity index is 4310. The van der Waals surface area contributed by atoms with Crippen molar-refractivity contribution in [1.82, 2.24) is 28.2 Å². The van der Waals surface area contributed by atoms with E-state index in [4.69, 9.17) is 9.97 Å². The number of nitrogens with zero attached hydrogens (tertiary/aromatic N) is 6. The minimum atomic E-state index is 0.614. The summed E-state index contributed by atoms with van der Waals surface area (Å²) < 4.78 is 9.50. The van der Waals surface area contributed by atoms with Crippen LogP contribution in [0.2, 0.25) is 0 Å². The molecule has 0 aliphatic rings. The van der Waals surface area contributed by atoms with E-state index < -0.39 is 0 Å². The maximum Gasteiger partial charge on any atom is 0.166 e. The maximum absolute atomic E-state index is 5.86. The average Bonchev–Trinajstić information content (AvgIpc) is 4.16. The second-order valence-corrected chi connectivity index (χ2v) is 18.1. The first-order chi connectivity index (χ1) is 34.8. The molecular formula is C64H40N6. The minimum absolute atomic E-state index is 0.614. The highest BCUT2D eigenvalue weighted by atomic mass is 15.2. The zero-order valence-electron chi connectivity index (χ0n) is 37.8. The van der Waals surface area contributed by atoms with Crippen LogP contribution in [0.1, 0.15) is 0 Å². The topological polar surface area (TPSA) is 45.5 Å². The highest BCUT2D eigenvalue weighted by molar-refractivity contribution is 6.16. The molecule has 6 nitrogen and oxygen atoms in total. The van der Waals surface area contributed by atoms with Crippen LogP contribution >= 0.6 is 0 Å². The van der Waals surface area contributed by atoms with Crippen molar-refractivity contribution in [1.29, 1.82) is 0 Å². The molecule has 0 aliphatic carbocycles. The van der Waals surface area contributed by atoms with Crippen LogP contribution in [0.25, 0.3) is 133 Å². The molecule has 5 aromatic heterocycles. The van der Waals surface area contributed by atoms with Gasteiger partial charge in [-0.1, -0.05) is 176 Å². The molecule has 0 atom stereocenters. The van der Waals surface area contributed by atoms with Crippen LogP contribution in [0.4, 0.5) is 0 Å². The fourth-order valence-corrected chi connectivity index (χ4v) is 11.6. The van der Waals surface area contributed by atoms with Gasteiger partial charge in [-0.25, -0.2) is 9.97 Å². The predicted octanol–water partition coefficient (Wildman–Crippen LogP) is 16.2. The highest BCUT2D eigenvalue weighted by Crippen LogP contribution is 2.45. The van der Waals surface area contributed by atoms with Gasteiger partial charge in [-0.3, -0.25) is 9.13 Å². The van der Waals surface area contributed by atoms with Crippen LogP contribution in [0, 0.1) is 0 Å². The Kier molecular flexibility index (Phi) is 8.26. The third-order valence-corrected chi connectivity index (χ3v) is 14.4. The SMILES string of the molecule is c1ccc(-n2c3ccccc3c3cccc(-c4cccc(-n5c6ccccc6c6ccccc65)c4-c4nc(-n5c6ccccc6c6ccccc65)cc(-n5c6ccccc6c6ccccc65)n4)c32)cc1. The third-order valence-electron chi connectivity index (χ3n) is 14.4. The molecule has 0 radical (unpaired) electrons. The summed E-state index contributed by atoms with van der Waals surface area (Å²) >= 11 is 0. The van der Waals surface area contributed by atoms with Crippen molar-refractivity contribution in [3.8, 4) is 45.5 Å². The summed E-state index contributed by atoms with van der Waals surface area (Å²) in [6.07, 6.45) is 0. The number of fused-ring (bicyclic) bond motifs is 12. The summed E-state index contributed by atoms with van der Waals surface area (Å²) in [5, 5.41) is 9.43. The Morgan fingerprint density at radius 3 is 1.06 bits per heavy atom. The summed E-state index contributed by atoms with van der Waals surface area (Å²) in [5.41, 5.74) is 13.9. The molecule has 0 unspecified atom stereocenters. The second kappa shape index (κ2) is 15.0. The fraction of sp³-hybridized carbons (Fsp3) is 0. The lowest BCUT2D eigenvalue weighted by Gasteiger charge is -2.20. The number of benzene rings is 10. The quantitative estimate of drug-likeness (QED) is 0.167. The fourth-order valence-electron chi connectivity index (χ4n) is 11.6. The number of rotatable bonds is 6. The van der Waals surface area contributed by atoms with E-state index in [0.717, 1.165) is 83.8 Å². The van der Waals surface area contributed by atoms with E-state index in [9.17, 15) is 0 Å². The van der Waals surface area contributed by atoms with Gasteiger partial charge in [-0.2, -0.15) is 0 Å². The van der Waals surface area contributed by atoms with Gasteiger partial charge in [0.25, 0.3) is 0 Å². The first-order valence-corrected chi connectivity index (χ1v) is 23.8. The van der Waals surface area contributed by atoms with Crippen molar-refractivity contribution in [2.75, 3.05) is 0 Å². The van der Waals surface area contributed by atoms with Gasteiger partial charge in [0.15, 0.2) is 5.82 Å². The predicted molar refractivity (Wildman–Crippen MR) is 290 cm³/mol. The largest absolute Gasteiger partial charge is 0.309 e. The van der Waals surface area contributed by atoms with Gasteiger partial charge in [0, 0.05) is 60.4 Å². The minimum Gasteiger partial charge on any atom is -0.309 e. The lowest BCUT2D eigenvalue weighted by Crippen LogP contribution is -2.08. The Labute approximate surface area is 401 Å². The molecule has 5 heterocycles. The van der Waals surface area contributed by atoms with Crippen LogP contribution in [0.3, 0.4) is 0 Å². The van der Waals surface area contributed by atoms with E-state index in [1.54, 1.807) is 0 Å². The molecule has 0 saturated heterocycles. The summed E-state index contributed by atoms with van der Waals surface area (Å²) in [6, 6.07) is 87.3. The lowest BCUT2D eigenvalue weighted by atomic mass is 9.95. The first-order valence-electron chi connectivity index (χ1n) is 23.8. The molecule has 70 heavy (non-hydrogen) atoms. The molecule has 6 heteroatoms. The van der Waals surface area contributed by atoms with Gasteiger partial charge in [-0.15, -0.1) is 0 Å². The molecule has 326 valence electrons. The monoisotopic (exact) mass is 892 g/mol. The van der Waals surface area contributed by atoms with E-state index in [2.05, 4.69) is 261 Å². The van der Waals surface area contributed by atoms with Gasteiger partial charge in [0.2, 0.25) is 0 Å². The van der Waals surface area contributed by atoms with Crippen molar-refractivity contribution < 1.29 is 0 Å². The zero-order chi connectivity index (χ0) is 45.9. The number of aromatic nitrogens is 6. The molecule has 0 amide bonds. The normalized spacial score (nSPS) is 12.0. The third kappa shape index (κ3) is 5.50. The average molecular weight is 893 g/mol. The smallest absolute Gasteiger partial charge is 0.166 e. The molecule has 10 aromatic carbocycles. The number of hydrogen-bond donors (Lipinski definition) is 0. The lowest BCUT2D eigenvalue weighted by molar-refractivity contribution is 0.991. The van der Waals surface area contributed by atoms with Crippen molar-refractivity contribution >= 4 is 87.2 Å². The van der Waals surface area contributed by atoms with Crippen molar-refractivity contribution in [2.24, 2.45) is 0 Å². The first kappa shape index (κ1) is 38.6. The Balaban J connectivity index is 1.14. The van der Waals surface area contributed by atoms with E-state index in [0.29, 0.717) is 5.82 Å². The Morgan fingerprint density at radius 1 is 0.257 bits per heavy atom. The van der Waals surface area contributed by atoms with Crippen LogP contribution in [-0.2, 0) is 0 Å². The molecule has 15 aromatic rings. The van der Waals surface area contributed by atoms with Crippen molar-refractivity contribution in [2.45, 2.75) is 0 Å². The summed E-state index contributed by atoms with van der Waals surface area (Å²) in [6.45, 7) is 0. The molecule has 0 N–H and O–H groups in total. The molecule has 0 saturated carbocycles. The van der Waals surface area contributed by atoms with E-state index in [-0.39, 0.29) is 0 Å². The van der Waals surface area contributed by atoms with Gasteiger partial charge in [-0.05, 0) is 66.2 Å². The molecule has 0 fully saturated rings. The summed E-state index contributed by atoms with van der Waals surface area (Å²) in [7, 11) is 0. The number of hydrogen-bond acceptors (Lipinski definition) is 2. The molecule has 0 spiro atoms. The van der Waals surface area contributed by atoms with Crippen molar-refractivity contribution in [3.05, 3.63) is 243 Å². The maximum atomic E-state index is 5.86. The Hall–Kier alpha value is -9.52. The number of para-hydroxylation sites is 9.